The van der Waals surface area contributed by atoms with Crippen molar-refractivity contribution in [3.8, 4) is 11.5 Å². The van der Waals surface area contributed by atoms with Crippen LogP contribution < -0.4 is 5.32 Å². The number of hydrogen-bond donors (Lipinski definition) is 1. The van der Waals surface area contributed by atoms with Crippen LogP contribution >= 0.6 is 11.6 Å². The van der Waals surface area contributed by atoms with Crippen molar-refractivity contribution in [3.05, 3.63) is 41.3 Å². The van der Waals surface area contributed by atoms with Crippen LogP contribution in [0.5, 0.6) is 0 Å². The molecular formula is C13H9ClFN3O. The van der Waals surface area contributed by atoms with Crippen LogP contribution in [0.1, 0.15) is 0 Å². The first-order chi connectivity index (χ1) is 9.17. The van der Waals surface area contributed by atoms with Crippen LogP contribution in [0, 0.1) is 5.82 Å². The summed E-state index contributed by atoms with van der Waals surface area (Å²) in [5.41, 5.74) is 0.745. The van der Waals surface area contributed by atoms with E-state index in [1.807, 2.05) is 0 Å². The van der Waals surface area contributed by atoms with E-state index < -0.39 is 5.82 Å². The third kappa shape index (κ3) is 2.13. The molecule has 0 radical (unpaired) electrons. The fourth-order valence-electron chi connectivity index (χ4n) is 1.79. The molecule has 19 heavy (non-hydrogen) atoms. The molecule has 0 unspecified atom stereocenters. The number of furan rings is 1. The molecule has 3 rings (SSSR count). The molecule has 0 saturated heterocycles. The van der Waals surface area contributed by atoms with Crippen LogP contribution in [0.3, 0.4) is 0 Å². The molecule has 4 nitrogen and oxygen atoms in total. The van der Waals surface area contributed by atoms with Crippen LogP contribution in [0.15, 0.2) is 34.9 Å². The Kier molecular flexibility index (Phi) is 2.83. The maximum Gasteiger partial charge on any atom is 0.223 e. The second-order valence-corrected chi connectivity index (χ2v) is 4.37. The Morgan fingerprint density at radius 1 is 1.32 bits per heavy atom. The van der Waals surface area contributed by atoms with Gasteiger partial charge in [-0.1, -0.05) is 11.6 Å². The zero-order valence-electron chi connectivity index (χ0n) is 9.95. The second-order valence-electron chi connectivity index (χ2n) is 3.93. The van der Waals surface area contributed by atoms with Crippen LogP contribution in [0.25, 0.3) is 22.4 Å². The van der Waals surface area contributed by atoms with Gasteiger partial charge < -0.3 is 9.73 Å². The topological polar surface area (TPSA) is 51.0 Å². The third-order valence-corrected chi connectivity index (χ3v) is 2.91. The minimum Gasteiger partial charge on any atom is -0.454 e. The van der Waals surface area contributed by atoms with Crippen LogP contribution in [0.2, 0.25) is 5.02 Å². The van der Waals surface area contributed by atoms with Crippen molar-refractivity contribution in [1.82, 2.24) is 9.97 Å². The quantitative estimate of drug-likeness (QED) is 0.775. The van der Waals surface area contributed by atoms with Crippen molar-refractivity contribution >= 4 is 28.5 Å². The van der Waals surface area contributed by atoms with Gasteiger partial charge in [0.15, 0.2) is 11.6 Å². The van der Waals surface area contributed by atoms with Gasteiger partial charge in [-0.05, 0) is 24.3 Å². The molecule has 0 aliphatic heterocycles. The molecule has 0 fully saturated rings. The minimum absolute atomic E-state index is 0.117. The number of rotatable bonds is 2. The molecule has 2 heterocycles. The number of anilines is 1. The second kappa shape index (κ2) is 4.51. The average molecular weight is 278 g/mol. The molecule has 6 heteroatoms. The highest BCUT2D eigenvalue weighted by Crippen LogP contribution is 2.30. The van der Waals surface area contributed by atoms with Crippen LogP contribution in [-0.4, -0.2) is 17.0 Å². The highest BCUT2D eigenvalue weighted by Gasteiger charge is 2.14. The van der Waals surface area contributed by atoms with Crippen molar-refractivity contribution in [1.29, 1.82) is 0 Å². The van der Waals surface area contributed by atoms with Gasteiger partial charge >= 0.3 is 0 Å². The fourth-order valence-corrected chi connectivity index (χ4v) is 1.97. The van der Waals surface area contributed by atoms with Gasteiger partial charge in [-0.2, -0.15) is 0 Å². The van der Waals surface area contributed by atoms with Gasteiger partial charge in [0, 0.05) is 17.5 Å². The zero-order chi connectivity index (χ0) is 13.4. The van der Waals surface area contributed by atoms with Crippen molar-refractivity contribution < 1.29 is 8.81 Å². The summed E-state index contributed by atoms with van der Waals surface area (Å²) in [5, 5.41) is 4.15. The first kappa shape index (κ1) is 11.9. The SMILES string of the molecule is CNc1ncc(F)c(-c2cc3cc(Cl)ccc3o2)n1. The highest BCUT2D eigenvalue weighted by molar-refractivity contribution is 6.31. The van der Waals surface area contributed by atoms with Crippen LogP contribution in [0.4, 0.5) is 10.3 Å². The smallest absolute Gasteiger partial charge is 0.223 e. The van der Waals surface area contributed by atoms with E-state index in [2.05, 4.69) is 15.3 Å². The lowest BCUT2D eigenvalue weighted by Crippen LogP contribution is -1.99. The molecule has 0 aliphatic rings. The summed E-state index contributed by atoms with van der Waals surface area (Å²) in [6, 6.07) is 6.90. The lowest BCUT2D eigenvalue weighted by molar-refractivity contribution is 0.590. The van der Waals surface area contributed by atoms with Gasteiger partial charge in [-0.3, -0.25) is 0 Å². The van der Waals surface area contributed by atoms with Crippen LogP contribution in [-0.2, 0) is 0 Å². The number of aromatic nitrogens is 2. The normalized spacial score (nSPS) is 10.9. The largest absolute Gasteiger partial charge is 0.454 e. The molecule has 0 amide bonds. The van der Waals surface area contributed by atoms with Gasteiger partial charge in [0.25, 0.3) is 0 Å². The molecular weight excluding hydrogens is 269 g/mol. The summed E-state index contributed by atoms with van der Waals surface area (Å²) in [6.45, 7) is 0. The number of hydrogen-bond acceptors (Lipinski definition) is 4. The van der Waals surface area contributed by atoms with Gasteiger partial charge in [-0.25, -0.2) is 14.4 Å². The molecule has 0 saturated carbocycles. The van der Waals surface area contributed by atoms with E-state index >= 15 is 0 Å². The average Bonchev–Trinajstić information content (AvgIpc) is 2.82. The van der Waals surface area contributed by atoms with Crippen molar-refractivity contribution in [2.75, 3.05) is 12.4 Å². The number of nitrogens with one attached hydrogen (secondary N) is 1. The molecule has 0 aliphatic carbocycles. The Morgan fingerprint density at radius 2 is 2.16 bits per heavy atom. The summed E-state index contributed by atoms with van der Waals surface area (Å²) in [4.78, 5) is 7.85. The molecule has 0 bridgehead atoms. The predicted molar refractivity (Wildman–Crippen MR) is 71.8 cm³/mol. The van der Waals surface area contributed by atoms with Gasteiger partial charge in [0.2, 0.25) is 5.95 Å². The summed E-state index contributed by atoms with van der Waals surface area (Å²) in [5.74, 6) is 0.132. The standard InChI is InChI=1S/C13H9ClFN3O/c1-16-13-17-6-9(15)12(18-13)11-5-7-4-8(14)2-3-10(7)19-11/h2-6H,1H3,(H,16,17,18). The Morgan fingerprint density at radius 3 is 2.95 bits per heavy atom. The molecule has 0 spiro atoms. The maximum absolute atomic E-state index is 13.8. The van der Waals surface area contributed by atoms with E-state index in [4.69, 9.17) is 16.0 Å². The first-order valence-electron chi connectivity index (χ1n) is 5.57. The Bertz CT molecular complexity index is 757. The van der Waals surface area contributed by atoms with E-state index in [0.717, 1.165) is 11.6 Å². The Labute approximate surface area is 113 Å². The van der Waals surface area contributed by atoms with Crippen molar-refractivity contribution in [2.24, 2.45) is 0 Å². The monoisotopic (exact) mass is 277 g/mol. The van der Waals surface area contributed by atoms with Gasteiger partial charge in [-0.15, -0.1) is 0 Å². The summed E-state index contributed by atoms with van der Waals surface area (Å²) in [6.07, 6.45) is 1.11. The predicted octanol–water partition coefficient (Wildman–Crippen LogP) is 3.72. The van der Waals surface area contributed by atoms with E-state index in [0.29, 0.717) is 22.3 Å². The van der Waals surface area contributed by atoms with E-state index in [9.17, 15) is 4.39 Å². The Hall–Kier alpha value is -2.14. The molecule has 96 valence electrons. The molecule has 2 aromatic heterocycles. The van der Waals surface area contributed by atoms with Crippen molar-refractivity contribution in [2.45, 2.75) is 0 Å². The fraction of sp³-hybridized carbons (Fsp3) is 0.0769. The number of halogens is 2. The summed E-state index contributed by atoms with van der Waals surface area (Å²) in [7, 11) is 1.66. The zero-order valence-corrected chi connectivity index (χ0v) is 10.7. The van der Waals surface area contributed by atoms with E-state index in [-0.39, 0.29) is 5.69 Å². The Balaban J connectivity index is 2.18. The molecule has 3 aromatic rings. The number of nitrogens with zero attached hydrogens (tertiary/aromatic N) is 2. The highest BCUT2D eigenvalue weighted by atomic mass is 35.5. The summed E-state index contributed by atoms with van der Waals surface area (Å²) >= 11 is 5.90. The maximum atomic E-state index is 13.8. The van der Waals surface area contributed by atoms with Gasteiger partial charge in [0.1, 0.15) is 11.3 Å². The van der Waals surface area contributed by atoms with E-state index in [1.54, 1.807) is 31.3 Å². The minimum atomic E-state index is -0.538. The lowest BCUT2D eigenvalue weighted by Gasteiger charge is -2.01. The number of benzene rings is 1. The lowest BCUT2D eigenvalue weighted by atomic mass is 10.2. The third-order valence-electron chi connectivity index (χ3n) is 2.68. The number of fused-ring (bicyclic) bond motifs is 1. The first-order valence-corrected chi connectivity index (χ1v) is 5.95. The molecule has 1 aromatic carbocycles. The summed E-state index contributed by atoms with van der Waals surface area (Å²) < 4.78 is 19.3. The van der Waals surface area contributed by atoms with E-state index in [1.165, 1.54) is 0 Å². The van der Waals surface area contributed by atoms with Gasteiger partial charge in [0.05, 0.1) is 6.20 Å². The molecule has 1 N–H and O–H groups in total. The van der Waals surface area contributed by atoms with Crippen molar-refractivity contribution in [3.63, 3.8) is 0 Å². The molecule has 0 atom stereocenters.